The van der Waals surface area contributed by atoms with Crippen LogP contribution in [-0.2, 0) is 4.79 Å². The summed E-state index contributed by atoms with van der Waals surface area (Å²) >= 11 is 0. The van der Waals surface area contributed by atoms with Crippen molar-refractivity contribution < 1.29 is 4.79 Å². The maximum atomic E-state index is 10.6. The van der Waals surface area contributed by atoms with E-state index in [0.29, 0.717) is 5.78 Å². The Hall–Kier alpha value is -0.590. The molecule has 0 bridgehead atoms. The van der Waals surface area contributed by atoms with Crippen molar-refractivity contribution in [3.05, 3.63) is 11.6 Å². The van der Waals surface area contributed by atoms with E-state index >= 15 is 0 Å². The zero-order valence-corrected chi connectivity index (χ0v) is 8.52. The number of hydrogen-bond donors (Lipinski definition) is 0. The Balaban J connectivity index is 3.27. The quantitative estimate of drug-likeness (QED) is 0.438. The lowest BCUT2D eigenvalue weighted by molar-refractivity contribution is -0.117. The van der Waals surface area contributed by atoms with E-state index in [2.05, 4.69) is 19.9 Å². The molecule has 0 heterocycles. The zero-order chi connectivity index (χ0) is 9.40. The summed E-state index contributed by atoms with van der Waals surface area (Å²) in [5.41, 5.74) is 1.46. The van der Waals surface area contributed by atoms with Crippen molar-refractivity contribution in [2.45, 2.75) is 52.9 Å². The highest BCUT2D eigenvalue weighted by Gasteiger charge is 1.92. The molecular formula is C11H20O. The highest BCUT2D eigenvalue weighted by Crippen LogP contribution is 2.05. The number of Topliss-reactive ketones (excluding diaryl/α,β-unsaturated/α-hetero) is 1. The molecule has 1 heteroatoms. The Bertz CT molecular complexity index is 156. The maximum Gasteiger partial charge on any atom is 0.129 e. The first-order valence-electron chi connectivity index (χ1n) is 4.82. The molecule has 0 aromatic heterocycles. The standard InChI is InChI=1S/C11H20O/c1-4-10(2)8-6-5-7-9-11(3)12/h8H,4-7,9H2,1-3H3. The van der Waals surface area contributed by atoms with Crippen LogP contribution in [0.2, 0.25) is 0 Å². The van der Waals surface area contributed by atoms with Gasteiger partial charge in [-0.25, -0.2) is 0 Å². The van der Waals surface area contributed by atoms with Gasteiger partial charge in [-0.3, -0.25) is 0 Å². The topological polar surface area (TPSA) is 17.1 Å². The zero-order valence-electron chi connectivity index (χ0n) is 8.52. The van der Waals surface area contributed by atoms with Crippen LogP contribution in [0.1, 0.15) is 52.9 Å². The van der Waals surface area contributed by atoms with Gasteiger partial charge in [0.1, 0.15) is 5.78 Å². The van der Waals surface area contributed by atoms with E-state index in [1.165, 1.54) is 5.57 Å². The monoisotopic (exact) mass is 168 g/mol. The number of unbranched alkanes of at least 4 members (excludes halogenated alkanes) is 2. The van der Waals surface area contributed by atoms with Gasteiger partial charge in [-0.05, 0) is 39.5 Å². The minimum absolute atomic E-state index is 0.311. The molecule has 0 aliphatic heterocycles. The molecule has 0 aromatic rings. The van der Waals surface area contributed by atoms with E-state index in [1.54, 1.807) is 6.92 Å². The van der Waals surface area contributed by atoms with Gasteiger partial charge in [0.2, 0.25) is 0 Å². The number of carbonyl (C=O) groups excluding carboxylic acids is 1. The van der Waals surface area contributed by atoms with Crippen LogP contribution in [0.3, 0.4) is 0 Å². The molecule has 0 atom stereocenters. The van der Waals surface area contributed by atoms with Crippen LogP contribution in [0, 0.1) is 0 Å². The van der Waals surface area contributed by atoms with Crippen molar-refractivity contribution in [3.8, 4) is 0 Å². The Labute approximate surface area is 75.9 Å². The van der Waals surface area contributed by atoms with Crippen LogP contribution in [-0.4, -0.2) is 5.78 Å². The Morgan fingerprint density at radius 3 is 2.42 bits per heavy atom. The van der Waals surface area contributed by atoms with Gasteiger partial charge in [0.25, 0.3) is 0 Å². The Morgan fingerprint density at radius 1 is 1.25 bits per heavy atom. The third-order valence-electron chi connectivity index (χ3n) is 2.03. The van der Waals surface area contributed by atoms with E-state index in [0.717, 1.165) is 32.1 Å². The van der Waals surface area contributed by atoms with E-state index < -0.39 is 0 Å². The largest absolute Gasteiger partial charge is 0.300 e. The second kappa shape index (κ2) is 7.08. The maximum absolute atomic E-state index is 10.6. The molecule has 0 saturated heterocycles. The molecule has 0 aliphatic rings. The van der Waals surface area contributed by atoms with Gasteiger partial charge in [0.15, 0.2) is 0 Å². The molecule has 0 rings (SSSR count). The molecule has 0 aromatic carbocycles. The van der Waals surface area contributed by atoms with Crippen LogP contribution >= 0.6 is 0 Å². The summed E-state index contributed by atoms with van der Waals surface area (Å²) in [4.78, 5) is 10.6. The van der Waals surface area contributed by atoms with E-state index in [4.69, 9.17) is 0 Å². The van der Waals surface area contributed by atoms with E-state index in [9.17, 15) is 4.79 Å². The predicted molar refractivity (Wildman–Crippen MR) is 53.2 cm³/mol. The average Bonchev–Trinajstić information content (AvgIpc) is 2.03. The summed E-state index contributed by atoms with van der Waals surface area (Å²) in [6.07, 6.45) is 7.50. The first kappa shape index (κ1) is 11.4. The molecule has 0 saturated carbocycles. The molecule has 70 valence electrons. The third kappa shape index (κ3) is 7.52. The van der Waals surface area contributed by atoms with Crippen molar-refractivity contribution >= 4 is 5.78 Å². The van der Waals surface area contributed by atoms with Gasteiger partial charge in [0.05, 0.1) is 0 Å². The van der Waals surface area contributed by atoms with Crippen molar-refractivity contribution in [2.24, 2.45) is 0 Å². The number of ketones is 1. The molecule has 1 nitrogen and oxygen atoms in total. The average molecular weight is 168 g/mol. The summed E-state index contributed by atoms with van der Waals surface area (Å²) in [5, 5.41) is 0. The van der Waals surface area contributed by atoms with Gasteiger partial charge < -0.3 is 4.79 Å². The molecule has 0 amide bonds. The Kier molecular flexibility index (Phi) is 6.73. The predicted octanol–water partition coefficient (Wildman–Crippen LogP) is 3.49. The highest BCUT2D eigenvalue weighted by molar-refractivity contribution is 5.75. The molecule has 12 heavy (non-hydrogen) atoms. The summed E-state index contributed by atoms with van der Waals surface area (Å²) < 4.78 is 0. The number of allylic oxidation sites excluding steroid dienone is 2. The second-order valence-corrected chi connectivity index (χ2v) is 3.35. The molecule has 0 unspecified atom stereocenters. The summed E-state index contributed by atoms with van der Waals surface area (Å²) in [7, 11) is 0. The lowest BCUT2D eigenvalue weighted by atomic mass is 10.1. The van der Waals surface area contributed by atoms with Crippen LogP contribution < -0.4 is 0 Å². The SMILES string of the molecule is CCC(C)=CCCCCC(C)=O. The second-order valence-electron chi connectivity index (χ2n) is 3.35. The molecule has 0 spiro atoms. The summed E-state index contributed by atoms with van der Waals surface area (Å²) in [6.45, 7) is 5.99. The lowest BCUT2D eigenvalue weighted by Crippen LogP contribution is -1.88. The minimum Gasteiger partial charge on any atom is -0.300 e. The number of hydrogen-bond acceptors (Lipinski definition) is 1. The summed E-state index contributed by atoms with van der Waals surface area (Å²) in [5.74, 6) is 0.311. The van der Waals surface area contributed by atoms with Gasteiger partial charge in [-0.2, -0.15) is 0 Å². The molecule has 0 fully saturated rings. The van der Waals surface area contributed by atoms with Gasteiger partial charge in [0, 0.05) is 6.42 Å². The first-order valence-corrected chi connectivity index (χ1v) is 4.82. The van der Waals surface area contributed by atoms with Crippen LogP contribution in [0.4, 0.5) is 0 Å². The van der Waals surface area contributed by atoms with Crippen LogP contribution in [0.5, 0.6) is 0 Å². The summed E-state index contributed by atoms with van der Waals surface area (Å²) in [6, 6.07) is 0. The Morgan fingerprint density at radius 2 is 1.92 bits per heavy atom. The fourth-order valence-corrected chi connectivity index (χ4v) is 1.01. The minimum atomic E-state index is 0.311. The molecule has 0 N–H and O–H groups in total. The van der Waals surface area contributed by atoms with Crippen LogP contribution in [0.25, 0.3) is 0 Å². The van der Waals surface area contributed by atoms with Crippen molar-refractivity contribution in [1.29, 1.82) is 0 Å². The number of rotatable bonds is 6. The van der Waals surface area contributed by atoms with Crippen molar-refractivity contribution in [1.82, 2.24) is 0 Å². The third-order valence-corrected chi connectivity index (χ3v) is 2.03. The highest BCUT2D eigenvalue weighted by atomic mass is 16.1. The van der Waals surface area contributed by atoms with Crippen LogP contribution in [0.15, 0.2) is 11.6 Å². The fourth-order valence-electron chi connectivity index (χ4n) is 1.01. The smallest absolute Gasteiger partial charge is 0.129 e. The molecular weight excluding hydrogens is 148 g/mol. The van der Waals surface area contributed by atoms with Gasteiger partial charge in [-0.1, -0.05) is 18.6 Å². The van der Waals surface area contributed by atoms with Crippen molar-refractivity contribution in [3.63, 3.8) is 0 Å². The van der Waals surface area contributed by atoms with Gasteiger partial charge >= 0.3 is 0 Å². The number of carbonyl (C=O) groups is 1. The van der Waals surface area contributed by atoms with Crippen molar-refractivity contribution in [2.75, 3.05) is 0 Å². The molecule has 0 aliphatic carbocycles. The van der Waals surface area contributed by atoms with E-state index in [1.807, 2.05) is 0 Å². The normalized spacial score (nSPS) is 11.8. The fraction of sp³-hybridized carbons (Fsp3) is 0.727. The molecule has 0 radical (unpaired) electrons. The van der Waals surface area contributed by atoms with Gasteiger partial charge in [-0.15, -0.1) is 0 Å². The lowest BCUT2D eigenvalue weighted by Gasteiger charge is -1.96. The first-order chi connectivity index (χ1) is 5.66. The van der Waals surface area contributed by atoms with E-state index in [-0.39, 0.29) is 0 Å².